The molecule has 3 N–H and O–H groups in total. The Morgan fingerprint density at radius 1 is 1.80 bits per heavy atom. The van der Waals surface area contributed by atoms with E-state index in [-0.39, 0.29) is 11.9 Å². The Morgan fingerprint density at radius 3 is 3.20 bits per heavy atom. The fraction of sp³-hybridized carbons (Fsp3) is 0.556. The van der Waals surface area contributed by atoms with Crippen LogP contribution >= 0.6 is 11.5 Å². The molecule has 2 rings (SSSR count). The van der Waals surface area contributed by atoms with Gasteiger partial charge in [0.05, 0.1) is 0 Å². The summed E-state index contributed by atoms with van der Waals surface area (Å²) < 4.78 is 4.04. The van der Waals surface area contributed by atoms with Crippen LogP contribution < -0.4 is 16.0 Å². The molecular weight excluding hydrogens is 212 g/mol. The predicted molar refractivity (Wildman–Crippen MR) is 61.0 cm³/mol. The molecule has 1 aromatic rings. The van der Waals surface area contributed by atoms with E-state index < -0.39 is 0 Å². The lowest BCUT2D eigenvalue weighted by Gasteiger charge is -2.15. The van der Waals surface area contributed by atoms with Gasteiger partial charge in [0.2, 0.25) is 5.91 Å². The minimum absolute atomic E-state index is 0.0330. The molecule has 82 valence electrons. The van der Waals surface area contributed by atoms with Gasteiger partial charge >= 0.3 is 0 Å². The zero-order valence-corrected chi connectivity index (χ0v) is 9.38. The number of hydrogen-bond acceptors (Lipinski definition) is 5. The summed E-state index contributed by atoms with van der Waals surface area (Å²) in [5, 5.41) is 4.00. The van der Waals surface area contributed by atoms with Crippen LogP contribution in [0.5, 0.6) is 0 Å². The topological polar surface area (TPSA) is 71.2 Å². The normalized spacial score (nSPS) is 20.6. The number of amides is 1. The third kappa shape index (κ3) is 2.38. The highest BCUT2D eigenvalue weighted by atomic mass is 32.1. The first-order chi connectivity index (χ1) is 7.15. The number of carbonyl (C=O) groups is 1. The monoisotopic (exact) mass is 226 g/mol. The Morgan fingerprint density at radius 2 is 2.60 bits per heavy atom. The Bertz CT molecular complexity index is 365. The maximum absolute atomic E-state index is 10.9. The number of carbonyl (C=O) groups excluding carboxylic acids is 1. The summed E-state index contributed by atoms with van der Waals surface area (Å²) in [6, 6.07) is 2.13. The van der Waals surface area contributed by atoms with Crippen LogP contribution in [0.2, 0.25) is 0 Å². The molecular formula is C9H14N4OS. The molecule has 1 saturated heterocycles. The van der Waals surface area contributed by atoms with Crippen molar-refractivity contribution in [2.24, 2.45) is 0 Å². The number of hydrogen-bond donors (Lipinski definition) is 2. The first-order valence-electron chi connectivity index (χ1n) is 4.89. The molecule has 6 heteroatoms. The van der Waals surface area contributed by atoms with E-state index in [1.807, 2.05) is 6.07 Å². The van der Waals surface area contributed by atoms with Crippen molar-refractivity contribution in [1.82, 2.24) is 9.69 Å². The Hall–Kier alpha value is -1.30. The summed E-state index contributed by atoms with van der Waals surface area (Å²) in [6.45, 7) is 3.35. The Labute approximate surface area is 92.4 Å². The highest BCUT2D eigenvalue weighted by Gasteiger charge is 2.24. The summed E-state index contributed by atoms with van der Waals surface area (Å²) in [4.78, 5) is 13.1. The van der Waals surface area contributed by atoms with Gasteiger partial charge in [0, 0.05) is 32.1 Å². The van der Waals surface area contributed by atoms with Crippen LogP contribution in [-0.2, 0) is 4.79 Å². The van der Waals surface area contributed by atoms with Gasteiger partial charge in [-0.25, -0.2) is 0 Å². The molecule has 2 heterocycles. The number of nitrogens with two attached hydrogens (primary N) is 1. The second-order valence-corrected chi connectivity index (χ2v) is 4.51. The zero-order valence-electron chi connectivity index (χ0n) is 8.56. The second-order valence-electron chi connectivity index (χ2n) is 3.72. The van der Waals surface area contributed by atoms with E-state index in [2.05, 4.69) is 14.6 Å². The van der Waals surface area contributed by atoms with E-state index in [0.29, 0.717) is 5.82 Å². The van der Waals surface area contributed by atoms with E-state index in [4.69, 9.17) is 5.73 Å². The van der Waals surface area contributed by atoms with Crippen LogP contribution in [0.4, 0.5) is 10.8 Å². The fourth-order valence-corrected chi connectivity index (χ4v) is 2.50. The minimum Gasteiger partial charge on any atom is -0.383 e. The predicted octanol–water partition coefficient (Wildman–Crippen LogP) is 0.440. The van der Waals surface area contributed by atoms with Crippen LogP contribution in [0.1, 0.15) is 13.3 Å². The van der Waals surface area contributed by atoms with Crippen LogP contribution in [0.15, 0.2) is 6.07 Å². The fourth-order valence-electron chi connectivity index (χ4n) is 1.79. The van der Waals surface area contributed by atoms with E-state index in [1.54, 1.807) is 6.92 Å². The number of nitrogens with one attached hydrogen (secondary N) is 1. The molecule has 5 nitrogen and oxygen atoms in total. The van der Waals surface area contributed by atoms with Crippen LogP contribution in [0.3, 0.4) is 0 Å². The van der Waals surface area contributed by atoms with Crippen molar-refractivity contribution in [2.75, 3.05) is 23.7 Å². The molecule has 0 bridgehead atoms. The number of aromatic nitrogens is 1. The molecule has 0 radical (unpaired) electrons. The Balaban J connectivity index is 1.95. The van der Waals surface area contributed by atoms with Crippen LogP contribution in [0.25, 0.3) is 0 Å². The largest absolute Gasteiger partial charge is 0.383 e. The third-order valence-electron chi connectivity index (χ3n) is 2.42. The number of nitrogens with zero attached hydrogens (tertiary/aromatic N) is 2. The molecule has 0 saturated carbocycles. The Kier molecular flexibility index (Phi) is 2.77. The van der Waals surface area contributed by atoms with Gasteiger partial charge in [-0.15, -0.1) is 0 Å². The van der Waals surface area contributed by atoms with Gasteiger partial charge in [0.15, 0.2) is 0 Å². The van der Waals surface area contributed by atoms with Crippen molar-refractivity contribution in [3.05, 3.63) is 6.07 Å². The van der Waals surface area contributed by atoms with Crippen molar-refractivity contribution >= 4 is 28.3 Å². The van der Waals surface area contributed by atoms with Gasteiger partial charge in [0.1, 0.15) is 10.8 Å². The maximum Gasteiger partial charge on any atom is 0.217 e. The molecule has 1 fully saturated rings. The van der Waals surface area contributed by atoms with E-state index >= 15 is 0 Å². The average Bonchev–Trinajstić information content (AvgIpc) is 2.72. The van der Waals surface area contributed by atoms with Crippen molar-refractivity contribution in [3.8, 4) is 0 Å². The molecule has 1 amide bonds. The standard InChI is InChI=1S/C9H14N4OS/c1-6(14)11-7-2-3-13(5-7)9-4-8(10)12-15-9/h4,7H,2-3,5H2,1H3,(H2,10,12)(H,11,14). The molecule has 15 heavy (non-hydrogen) atoms. The van der Waals surface area contributed by atoms with Gasteiger partial charge in [-0.3, -0.25) is 4.79 Å². The van der Waals surface area contributed by atoms with Crippen LogP contribution in [-0.4, -0.2) is 29.4 Å². The molecule has 0 aliphatic carbocycles. The van der Waals surface area contributed by atoms with Crippen molar-refractivity contribution < 1.29 is 4.79 Å². The lowest BCUT2D eigenvalue weighted by Crippen LogP contribution is -2.35. The van der Waals surface area contributed by atoms with Crippen molar-refractivity contribution in [1.29, 1.82) is 0 Å². The van der Waals surface area contributed by atoms with Crippen LogP contribution in [0, 0.1) is 0 Å². The molecule has 1 unspecified atom stereocenters. The lowest BCUT2D eigenvalue weighted by atomic mass is 10.3. The molecule has 1 aromatic heterocycles. The SMILES string of the molecule is CC(=O)NC1CCN(c2cc(N)ns2)C1. The highest BCUT2D eigenvalue weighted by Crippen LogP contribution is 2.26. The van der Waals surface area contributed by atoms with Crippen molar-refractivity contribution in [3.63, 3.8) is 0 Å². The summed E-state index contributed by atoms with van der Waals surface area (Å²) >= 11 is 1.41. The third-order valence-corrected chi connectivity index (χ3v) is 3.29. The number of rotatable bonds is 2. The van der Waals surface area contributed by atoms with E-state index in [1.165, 1.54) is 11.5 Å². The summed E-state index contributed by atoms with van der Waals surface area (Å²) in [5.74, 6) is 0.601. The summed E-state index contributed by atoms with van der Waals surface area (Å²) in [7, 11) is 0. The first kappa shape index (κ1) is 10.2. The maximum atomic E-state index is 10.9. The van der Waals surface area contributed by atoms with E-state index in [0.717, 1.165) is 24.5 Å². The number of anilines is 2. The first-order valence-corrected chi connectivity index (χ1v) is 5.67. The van der Waals surface area contributed by atoms with Gasteiger partial charge in [-0.1, -0.05) is 0 Å². The highest BCUT2D eigenvalue weighted by molar-refractivity contribution is 7.10. The zero-order chi connectivity index (χ0) is 10.8. The van der Waals surface area contributed by atoms with Gasteiger partial charge in [-0.2, -0.15) is 4.37 Å². The van der Waals surface area contributed by atoms with Crippen molar-refractivity contribution in [2.45, 2.75) is 19.4 Å². The number of nitrogen functional groups attached to an aromatic ring is 1. The lowest BCUT2D eigenvalue weighted by molar-refractivity contribution is -0.119. The second kappa shape index (κ2) is 4.06. The van der Waals surface area contributed by atoms with Gasteiger partial charge < -0.3 is 16.0 Å². The quantitative estimate of drug-likeness (QED) is 0.767. The van der Waals surface area contributed by atoms with Gasteiger partial charge in [0.25, 0.3) is 0 Å². The summed E-state index contributed by atoms with van der Waals surface area (Å²) in [5.41, 5.74) is 5.56. The molecule has 0 spiro atoms. The smallest absolute Gasteiger partial charge is 0.217 e. The summed E-state index contributed by atoms with van der Waals surface area (Å²) in [6.07, 6.45) is 0.984. The average molecular weight is 226 g/mol. The molecule has 1 atom stereocenters. The van der Waals surface area contributed by atoms with Gasteiger partial charge in [-0.05, 0) is 18.0 Å². The van der Waals surface area contributed by atoms with E-state index in [9.17, 15) is 4.79 Å². The molecule has 1 aliphatic rings. The minimum atomic E-state index is 0.0330. The molecule has 0 aromatic carbocycles. The molecule has 1 aliphatic heterocycles.